The van der Waals surface area contributed by atoms with Crippen LogP contribution in [0, 0.1) is 11.8 Å². The number of hydrogen-bond acceptors (Lipinski definition) is 7. The van der Waals surface area contributed by atoms with Crippen LogP contribution in [0.2, 0.25) is 0 Å². The van der Waals surface area contributed by atoms with Crippen LogP contribution in [0.25, 0.3) is 0 Å². The van der Waals surface area contributed by atoms with Gasteiger partial charge in [-0.25, -0.2) is 9.97 Å². The van der Waals surface area contributed by atoms with Crippen LogP contribution < -0.4 is 15.0 Å². The molecule has 1 spiro atoms. The molecule has 2 aromatic rings. The first kappa shape index (κ1) is 17.4. The number of anilines is 1. The van der Waals surface area contributed by atoms with Crippen molar-refractivity contribution < 1.29 is 14.3 Å². The Balaban J connectivity index is 1.27. The van der Waals surface area contributed by atoms with Gasteiger partial charge in [-0.05, 0) is 18.9 Å². The summed E-state index contributed by atoms with van der Waals surface area (Å²) in [7, 11) is 1.55. The quantitative estimate of drug-likeness (QED) is 0.835. The van der Waals surface area contributed by atoms with Crippen molar-refractivity contribution in [1.29, 1.82) is 0 Å². The van der Waals surface area contributed by atoms with Crippen molar-refractivity contribution in [2.45, 2.75) is 24.5 Å². The van der Waals surface area contributed by atoms with Gasteiger partial charge < -0.3 is 19.7 Å². The van der Waals surface area contributed by atoms with Gasteiger partial charge in [0.15, 0.2) is 0 Å². The lowest BCUT2D eigenvalue weighted by atomic mass is 9.73. The summed E-state index contributed by atoms with van der Waals surface area (Å²) in [6, 6.07) is 3.42. The van der Waals surface area contributed by atoms with Crippen molar-refractivity contribution in [3.8, 4) is 5.88 Å². The highest BCUT2D eigenvalue weighted by atomic mass is 16.5. The summed E-state index contributed by atoms with van der Waals surface area (Å²) < 4.78 is 11.5. The molecule has 1 N–H and O–H groups in total. The van der Waals surface area contributed by atoms with Gasteiger partial charge >= 0.3 is 0 Å². The Morgan fingerprint density at radius 1 is 1.36 bits per heavy atom. The number of aromatic nitrogens is 3. The van der Waals surface area contributed by atoms with E-state index in [1.54, 1.807) is 44.0 Å². The summed E-state index contributed by atoms with van der Waals surface area (Å²) in [5, 5.41) is 3.08. The summed E-state index contributed by atoms with van der Waals surface area (Å²) in [6.07, 6.45) is 9.10. The lowest BCUT2D eigenvalue weighted by Crippen LogP contribution is -2.41. The molecule has 5 rings (SSSR count). The summed E-state index contributed by atoms with van der Waals surface area (Å²) in [5.74, 6) is 1.98. The molecule has 28 heavy (non-hydrogen) atoms. The van der Waals surface area contributed by atoms with Crippen LogP contribution in [-0.4, -0.2) is 59.3 Å². The SMILES string of the molecule is COc1ccc(C(=O)NC[C@H]2[C@H]3CN(c4cnccn4)C[C@]34CC[C@H]2O4)cn1. The van der Waals surface area contributed by atoms with Gasteiger partial charge in [-0.2, -0.15) is 0 Å². The molecule has 2 aromatic heterocycles. The molecule has 4 atom stereocenters. The minimum atomic E-state index is -0.115. The van der Waals surface area contributed by atoms with Crippen molar-refractivity contribution in [1.82, 2.24) is 20.3 Å². The molecule has 0 aromatic carbocycles. The standard InChI is InChI=1S/C20H23N5O3/c1-27-18-3-2-13(8-23-18)19(26)24-9-14-15-11-25(17-10-21-6-7-22-17)12-20(15)5-4-16(14)28-20/h2-3,6-8,10,14-16H,4-5,9,11-12H2,1H3,(H,24,26)/t14-,15+,16+,20+/m0/s1. The first-order chi connectivity index (χ1) is 13.7. The van der Waals surface area contributed by atoms with E-state index in [0.29, 0.717) is 29.8 Å². The van der Waals surface area contributed by atoms with Crippen LogP contribution >= 0.6 is 0 Å². The number of hydrogen-bond donors (Lipinski definition) is 1. The lowest BCUT2D eigenvalue weighted by molar-refractivity contribution is 0.0141. The number of methoxy groups -OCH3 is 1. The molecule has 0 radical (unpaired) electrons. The second-order valence-corrected chi connectivity index (χ2v) is 7.77. The third-order valence-corrected chi connectivity index (χ3v) is 6.36. The second-order valence-electron chi connectivity index (χ2n) is 7.77. The fourth-order valence-corrected chi connectivity index (χ4v) is 5.04. The molecule has 3 fully saturated rings. The molecular weight excluding hydrogens is 358 g/mol. The maximum absolute atomic E-state index is 12.5. The topological polar surface area (TPSA) is 89.5 Å². The molecule has 8 nitrogen and oxygen atoms in total. The Hall–Kier alpha value is -2.74. The predicted molar refractivity (Wildman–Crippen MR) is 101 cm³/mol. The number of carbonyl (C=O) groups is 1. The van der Waals surface area contributed by atoms with Crippen LogP contribution in [0.3, 0.4) is 0 Å². The number of pyridine rings is 1. The Morgan fingerprint density at radius 3 is 3.04 bits per heavy atom. The summed E-state index contributed by atoms with van der Waals surface area (Å²) >= 11 is 0. The van der Waals surface area contributed by atoms with Crippen molar-refractivity contribution in [3.63, 3.8) is 0 Å². The van der Waals surface area contributed by atoms with Gasteiger partial charge in [0.05, 0.1) is 30.6 Å². The van der Waals surface area contributed by atoms with Crippen molar-refractivity contribution in [2.24, 2.45) is 11.8 Å². The molecule has 8 heteroatoms. The van der Waals surface area contributed by atoms with Crippen LogP contribution in [0.5, 0.6) is 5.88 Å². The van der Waals surface area contributed by atoms with E-state index in [1.165, 1.54) is 0 Å². The zero-order chi connectivity index (χ0) is 19.1. The van der Waals surface area contributed by atoms with Gasteiger partial charge in [-0.1, -0.05) is 0 Å². The number of rotatable bonds is 5. The third kappa shape index (κ3) is 2.79. The molecule has 3 aliphatic heterocycles. The lowest BCUT2D eigenvalue weighted by Gasteiger charge is -2.29. The molecule has 0 saturated carbocycles. The molecule has 3 aliphatic rings. The summed E-state index contributed by atoms with van der Waals surface area (Å²) in [6.45, 7) is 2.34. The van der Waals surface area contributed by atoms with Gasteiger partial charge in [0, 0.05) is 56.1 Å². The smallest absolute Gasteiger partial charge is 0.252 e. The molecule has 1 amide bonds. The van der Waals surface area contributed by atoms with Gasteiger partial charge in [-0.15, -0.1) is 0 Å². The van der Waals surface area contributed by atoms with E-state index in [4.69, 9.17) is 9.47 Å². The van der Waals surface area contributed by atoms with Gasteiger partial charge in [-0.3, -0.25) is 9.78 Å². The minimum Gasteiger partial charge on any atom is -0.481 e. The molecule has 3 saturated heterocycles. The number of nitrogens with one attached hydrogen (secondary N) is 1. The van der Waals surface area contributed by atoms with E-state index >= 15 is 0 Å². The Labute approximate surface area is 163 Å². The van der Waals surface area contributed by atoms with Gasteiger partial charge in [0.2, 0.25) is 5.88 Å². The zero-order valence-electron chi connectivity index (χ0n) is 15.7. The zero-order valence-corrected chi connectivity index (χ0v) is 15.7. The fourth-order valence-electron chi connectivity index (χ4n) is 5.04. The maximum atomic E-state index is 12.5. The van der Waals surface area contributed by atoms with Crippen molar-refractivity contribution in [2.75, 3.05) is 31.6 Å². The normalized spacial score (nSPS) is 30.3. The van der Waals surface area contributed by atoms with Gasteiger partial charge in [0.1, 0.15) is 5.82 Å². The number of ether oxygens (including phenoxy) is 2. The maximum Gasteiger partial charge on any atom is 0.252 e. The van der Waals surface area contributed by atoms with E-state index in [9.17, 15) is 4.79 Å². The number of carbonyl (C=O) groups excluding carboxylic acids is 1. The fraction of sp³-hybridized carbons (Fsp3) is 0.500. The van der Waals surface area contributed by atoms with E-state index in [-0.39, 0.29) is 17.6 Å². The first-order valence-corrected chi connectivity index (χ1v) is 9.65. The van der Waals surface area contributed by atoms with E-state index in [2.05, 4.69) is 25.2 Å². The van der Waals surface area contributed by atoms with E-state index in [1.807, 2.05) is 0 Å². The molecule has 0 unspecified atom stereocenters. The minimum absolute atomic E-state index is 0.112. The van der Waals surface area contributed by atoms with Crippen LogP contribution in [-0.2, 0) is 4.74 Å². The highest BCUT2D eigenvalue weighted by Gasteiger charge is 2.63. The predicted octanol–water partition coefficient (Wildman–Crippen LogP) is 1.29. The average Bonchev–Trinajstić information content (AvgIpc) is 3.41. The summed E-state index contributed by atoms with van der Waals surface area (Å²) in [4.78, 5) is 27.5. The monoisotopic (exact) mass is 381 g/mol. The number of nitrogens with zero attached hydrogens (tertiary/aromatic N) is 4. The highest BCUT2D eigenvalue weighted by molar-refractivity contribution is 5.93. The molecule has 146 valence electrons. The highest BCUT2D eigenvalue weighted by Crippen LogP contribution is 2.55. The van der Waals surface area contributed by atoms with Crippen molar-refractivity contribution in [3.05, 3.63) is 42.5 Å². The average molecular weight is 381 g/mol. The van der Waals surface area contributed by atoms with Gasteiger partial charge in [0.25, 0.3) is 5.91 Å². The second kappa shape index (κ2) is 6.70. The molecular formula is C20H23N5O3. The number of fused-ring (bicyclic) bond motifs is 1. The molecule has 0 aliphatic carbocycles. The largest absolute Gasteiger partial charge is 0.481 e. The Bertz CT molecular complexity index is 862. The van der Waals surface area contributed by atoms with Crippen LogP contribution in [0.15, 0.2) is 36.9 Å². The van der Waals surface area contributed by atoms with E-state index < -0.39 is 0 Å². The summed E-state index contributed by atoms with van der Waals surface area (Å²) in [5.41, 5.74) is 0.423. The molecule has 2 bridgehead atoms. The van der Waals surface area contributed by atoms with E-state index in [0.717, 1.165) is 31.7 Å². The Kier molecular flexibility index (Phi) is 4.16. The van der Waals surface area contributed by atoms with Crippen LogP contribution in [0.1, 0.15) is 23.2 Å². The van der Waals surface area contributed by atoms with Crippen LogP contribution in [0.4, 0.5) is 5.82 Å². The number of amides is 1. The third-order valence-electron chi connectivity index (χ3n) is 6.36. The first-order valence-electron chi connectivity index (χ1n) is 9.65. The van der Waals surface area contributed by atoms with Crippen molar-refractivity contribution >= 4 is 11.7 Å². The Morgan fingerprint density at radius 2 is 2.29 bits per heavy atom. The molecule has 5 heterocycles.